The fourth-order valence-electron chi connectivity index (χ4n) is 2.98. The molecule has 1 heterocycles. The van der Waals surface area contributed by atoms with E-state index >= 15 is 8.78 Å². The highest BCUT2D eigenvalue weighted by Gasteiger charge is 2.49. The lowest BCUT2D eigenvalue weighted by molar-refractivity contribution is 0.0267. The molecule has 0 atom stereocenters. The van der Waals surface area contributed by atoms with Crippen molar-refractivity contribution in [1.82, 2.24) is 4.31 Å². The summed E-state index contributed by atoms with van der Waals surface area (Å²) in [6, 6.07) is 0. The Hall–Kier alpha value is -2.14. The number of halogens is 9. The summed E-state index contributed by atoms with van der Waals surface area (Å²) >= 11 is 0.165. The first-order chi connectivity index (χ1) is 13.4. The molecule has 0 radical (unpaired) electrons. The normalized spacial score (nSPS) is 16.1. The topological polar surface area (TPSA) is 3.24 Å². The summed E-state index contributed by atoms with van der Waals surface area (Å²) in [5.74, 6) is -20.2. The van der Waals surface area contributed by atoms with Gasteiger partial charge in [-0.3, -0.25) is 0 Å². The van der Waals surface area contributed by atoms with Crippen LogP contribution >= 0.6 is 11.9 Å². The molecule has 0 aliphatic carbocycles. The van der Waals surface area contributed by atoms with Crippen LogP contribution in [0.2, 0.25) is 0 Å². The van der Waals surface area contributed by atoms with Crippen molar-refractivity contribution < 1.29 is 39.5 Å². The van der Waals surface area contributed by atoms with Gasteiger partial charge in [0.25, 0.3) is 0 Å². The lowest BCUT2D eigenvalue weighted by Gasteiger charge is -2.31. The lowest BCUT2D eigenvalue weighted by atomic mass is 9.92. The summed E-state index contributed by atoms with van der Waals surface area (Å²) < 4.78 is 130. The van der Waals surface area contributed by atoms with E-state index in [1.807, 2.05) is 0 Å². The average molecular weight is 443 g/mol. The smallest absolute Gasteiger partial charge is 0.238 e. The molecule has 3 rings (SSSR count). The first kappa shape index (κ1) is 21.6. The Bertz CT molecular complexity index is 960. The first-order valence-electron chi connectivity index (χ1n) is 7.89. The van der Waals surface area contributed by atoms with Crippen molar-refractivity contribution in [1.29, 1.82) is 0 Å². The van der Waals surface area contributed by atoms with E-state index in [2.05, 4.69) is 6.58 Å². The number of fused-ring (bicyclic) bond motifs is 2. The number of benzene rings is 2. The maximum atomic E-state index is 15.1. The molecule has 156 valence electrons. The zero-order valence-electron chi connectivity index (χ0n) is 14.5. The van der Waals surface area contributed by atoms with Crippen LogP contribution in [0.4, 0.5) is 39.5 Å². The summed E-state index contributed by atoms with van der Waals surface area (Å²) in [5.41, 5.74) is -6.21. The molecule has 0 spiro atoms. The van der Waals surface area contributed by atoms with Crippen molar-refractivity contribution in [2.24, 2.45) is 0 Å². The summed E-state index contributed by atoms with van der Waals surface area (Å²) in [6.07, 6.45) is 1.17. The number of hydrogen-bond donors (Lipinski definition) is 0. The van der Waals surface area contributed by atoms with Crippen LogP contribution in [0.5, 0.6) is 0 Å². The quantitative estimate of drug-likeness (QED) is 0.181. The number of rotatable bonds is 2. The molecule has 0 bridgehead atoms. The molecular formula is C18H10F9NS. The Labute approximate surface area is 162 Å². The van der Waals surface area contributed by atoms with Crippen molar-refractivity contribution in [3.63, 3.8) is 0 Å². The van der Waals surface area contributed by atoms with E-state index in [1.54, 1.807) is 0 Å². The van der Waals surface area contributed by atoms with E-state index in [-0.39, 0.29) is 18.5 Å². The van der Waals surface area contributed by atoms with E-state index in [0.29, 0.717) is 0 Å². The van der Waals surface area contributed by atoms with Gasteiger partial charge < -0.3 is 0 Å². The Morgan fingerprint density at radius 3 is 2.00 bits per heavy atom. The Morgan fingerprint density at radius 2 is 1.41 bits per heavy atom. The van der Waals surface area contributed by atoms with Crippen molar-refractivity contribution in [2.45, 2.75) is 24.3 Å². The minimum Gasteiger partial charge on any atom is -0.238 e. The molecule has 0 N–H and O–H groups in total. The third-order valence-electron chi connectivity index (χ3n) is 4.38. The molecule has 0 amide bonds. The minimum atomic E-state index is -4.92. The van der Waals surface area contributed by atoms with Crippen LogP contribution in [-0.4, -0.2) is 10.8 Å². The molecule has 1 aliphatic rings. The number of hydrogen-bond acceptors (Lipinski definition) is 2. The maximum Gasteiger partial charge on any atom is 0.305 e. The zero-order valence-corrected chi connectivity index (χ0v) is 15.3. The highest BCUT2D eigenvalue weighted by molar-refractivity contribution is 7.97. The lowest BCUT2D eigenvalue weighted by Crippen LogP contribution is -2.31. The predicted octanol–water partition coefficient (Wildman–Crippen LogP) is 6.12. The first-order valence-corrected chi connectivity index (χ1v) is 8.66. The van der Waals surface area contributed by atoms with Crippen molar-refractivity contribution in [3.05, 3.63) is 75.6 Å². The summed E-state index contributed by atoms with van der Waals surface area (Å²) in [6.45, 7) is 2.97. The Kier molecular flexibility index (Phi) is 5.41. The molecule has 29 heavy (non-hydrogen) atoms. The third-order valence-corrected chi connectivity index (χ3v) is 5.48. The minimum absolute atomic E-state index is 0.165. The van der Waals surface area contributed by atoms with Crippen LogP contribution in [0, 0.1) is 47.6 Å². The summed E-state index contributed by atoms with van der Waals surface area (Å²) in [4.78, 5) is -1.09. The van der Waals surface area contributed by atoms with Gasteiger partial charge in [0, 0.05) is 24.2 Å². The molecule has 0 unspecified atom stereocenters. The van der Waals surface area contributed by atoms with Crippen LogP contribution in [0.3, 0.4) is 0 Å². The maximum absolute atomic E-state index is 15.1. The summed E-state index contributed by atoms with van der Waals surface area (Å²) in [5, 5.41) is 0. The molecule has 1 nitrogen and oxygen atoms in total. The van der Waals surface area contributed by atoms with E-state index in [9.17, 15) is 30.7 Å². The summed E-state index contributed by atoms with van der Waals surface area (Å²) in [7, 11) is 0. The highest BCUT2D eigenvalue weighted by Crippen LogP contribution is 2.50. The SMILES string of the molecule is C=CCN1Cc2c(F)c(F)c(F)c(F)c2C(F)(F)c2c(F)c(F)c(C)c(F)c2S1. The van der Waals surface area contributed by atoms with Gasteiger partial charge in [0.15, 0.2) is 34.9 Å². The van der Waals surface area contributed by atoms with Gasteiger partial charge in [-0.1, -0.05) is 6.08 Å². The van der Waals surface area contributed by atoms with Crippen LogP contribution in [0.25, 0.3) is 0 Å². The van der Waals surface area contributed by atoms with E-state index in [1.165, 1.54) is 6.08 Å². The van der Waals surface area contributed by atoms with Crippen LogP contribution < -0.4 is 0 Å². The van der Waals surface area contributed by atoms with Gasteiger partial charge in [0.05, 0.1) is 16.0 Å². The second-order valence-corrected chi connectivity index (χ2v) is 7.26. The molecule has 11 heteroatoms. The monoisotopic (exact) mass is 443 g/mol. The fraction of sp³-hybridized carbons (Fsp3) is 0.222. The van der Waals surface area contributed by atoms with Gasteiger partial charge in [-0.25, -0.2) is 35.0 Å². The number of nitrogens with zero attached hydrogens (tertiary/aromatic N) is 1. The highest BCUT2D eigenvalue weighted by atomic mass is 32.2. The second kappa shape index (κ2) is 7.28. The third kappa shape index (κ3) is 3.10. The fourth-order valence-corrected chi connectivity index (χ4v) is 4.15. The molecule has 0 saturated heterocycles. The Balaban J connectivity index is 2.51. The van der Waals surface area contributed by atoms with E-state index < -0.39 is 80.3 Å². The van der Waals surface area contributed by atoms with Gasteiger partial charge in [-0.15, -0.1) is 6.58 Å². The van der Waals surface area contributed by atoms with Crippen molar-refractivity contribution >= 4 is 11.9 Å². The Morgan fingerprint density at radius 1 is 0.862 bits per heavy atom. The van der Waals surface area contributed by atoms with Gasteiger partial charge in [0.2, 0.25) is 0 Å². The standard InChI is InChI=1S/C18H10F9NS/c1-3-4-28-5-7-8(13(22)16(25)15(24)12(7)21)18(26,27)9-14(23)10(19)6(2)11(20)17(9)29-28/h3H,1,4-5H2,2H3. The molecule has 0 saturated carbocycles. The van der Waals surface area contributed by atoms with Crippen LogP contribution in [0.1, 0.15) is 22.3 Å². The predicted molar refractivity (Wildman–Crippen MR) is 86.8 cm³/mol. The number of alkyl halides is 2. The molecular weight excluding hydrogens is 433 g/mol. The molecule has 0 aromatic heterocycles. The molecule has 1 aliphatic heterocycles. The van der Waals surface area contributed by atoms with E-state index in [0.717, 1.165) is 11.2 Å². The van der Waals surface area contributed by atoms with Gasteiger partial charge in [0.1, 0.15) is 5.82 Å². The molecule has 2 aromatic rings. The van der Waals surface area contributed by atoms with Gasteiger partial charge in [-0.05, 0) is 18.9 Å². The molecule has 2 aromatic carbocycles. The van der Waals surface area contributed by atoms with Crippen LogP contribution in [-0.2, 0) is 12.5 Å². The largest absolute Gasteiger partial charge is 0.305 e. The average Bonchev–Trinajstić information content (AvgIpc) is 2.65. The second-order valence-electron chi connectivity index (χ2n) is 6.16. The van der Waals surface area contributed by atoms with Gasteiger partial charge >= 0.3 is 5.92 Å². The van der Waals surface area contributed by atoms with Crippen molar-refractivity contribution in [2.75, 3.05) is 6.54 Å². The van der Waals surface area contributed by atoms with Crippen molar-refractivity contribution in [3.8, 4) is 0 Å². The van der Waals surface area contributed by atoms with Gasteiger partial charge in [-0.2, -0.15) is 8.78 Å². The molecule has 0 fully saturated rings. The van der Waals surface area contributed by atoms with Crippen LogP contribution in [0.15, 0.2) is 17.6 Å². The van der Waals surface area contributed by atoms with E-state index in [4.69, 9.17) is 0 Å². The zero-order chi connectivity index (χ0) is 21.8.